The molecule has 0 bridgehead atoms. The fourth-order valence-corrected chi connectivity index (χ4v) is 1.72. The van der Waals surface area contributed by atoms with E-state index in [1.165, 1.54) is 6.92 Å². The van der Waals surface area contributed by atoms with E-state index >= 15 is 0 Å². The molecule has 0 heterocycles. The highest BCUT2D eigenvalue weighted by molar-refractivity contribution is 5.85. The van der Waals surface area contributed by atoms with Gasteiger partial charge in [-0.25, -0.2) is 4.79 Å². The summed E-state index contributed by atoms with van der Waals surface area (Å²) in [5.74, 6) is -4.02. The maximum atomic E-state index is 11.7. The van der Waals surface area contributed by atoms with Crippen molar-refractivity contribution in [2.24, 2.45) is 0 Å². The van der Waals surface area contributed by atoms with Gasteiger partial charge in [-0.05, 0) is 6.42 Å². The lowest BCUT2D eigenvalue weighted by Crippen LogP contribution is -2.43. The number of carbonyl (C=O) groups excluding carboxylic acids is 3. The van der Waals surface area contributed by atoms with Crippen LogP contribution in [0, 0.1) is 0 Å². The molecule has 0 rings (SSSR count). The summed E-state index contributed by atoms with van der Waals surface area (Å²) in [6, 6.07) is -1.30. The molecule has 0 aliphatic carbocycles. The Bertz CT molecular complexity index is 525. The van der Waals surface area contributed by atoms with E-state index < -0.39 is 36.3 Å². The summed E-state index contributed by atoms with van der Waals surface area (Å²) < 4.78 is 10.2. The topological polar surface area (TPSA) is 180 Å². The second kappa shape index (κ2) is 14.4. The Kier molecular flexibility index (Phi) is 13.0. The number of carbonyl (C=O) groups is 5. The third kappa shape index (κ3) is 15.3. The molecule has 0 saturated heterocycles. The Labute approximate surface area is 155 Å². The molecule has 0 aromatic carbocycles. The first-order chi connectivity index (χ1) is 12.7. The van der Waals surface area contributed by atoms with Gasteiger partial charge in [0.2, 0.25) is 17.7 Å². The number of rotatable bonds is 15. The van der Waals surface area contributed by atoms with Crippen LogP contribution in [0.2, 0.25) is 0 Å². The van der Waals surface area contributed by atoms with Crippen LogP contribution in [0.25, 0.3) is 0 Å². The zero-order chi connectivity index (χ0) is 20.7. The first-order valence-electron chi connectivity index (χ1n) is 8.13. The average Bonchev–Trinajstić information content (AvgIpc) is 2.58. The first kappa shape index (κ1) is 24.3. The van der Waals surface area contributed by atoms with Crippen LogP contribution in [0.1, 0.15) is 19.8 Å². The highest BCUT2D eigenvalue weighted by Crippen LogP contribution is 1.98. The normalized spacial score (nSPS) is 11.3. The fraction of sp³-hybridized carbons (Fsp3) is 0.667. The van der Waals surface area contributed by atoms with Gasteiger partial charge in [0.05, 0.1) is 19.8 Å². The second-order valence-electron chi connectivity index (χ2n) is 5.32. The molecule has 0 fully saturated rings. The number of hydrogen-bond donors (Lipinski definition) is 5. The van der Waals surface area contributed by atoms with E-state index in [0.717, 1.165) is 0 Å². The molecule has 27 heavy (non-hydrogen) atoms. The summed E-state index contributed by atoms with van der Waals surface area (Å²) >= 11 is 0. The lowest BCUT2D eigenvalue weighted by molar-refractivity contribution is -0.143. The Morgan fingerprint density at radius 2 is 1.59 bits per heavy atom. The van der Waals surface area contributed by atoms with Crippen molar-refractivity contribution in [3.05, 3.63) is 0 Å². The molecular formula is C15H25N3O9. The van der Waals surface area contributed by atoms with Crippen LogP contribution in [0.3, 0.4) is 0 Å². The highest BCUT2D eigenvalue weighted by Gasteiger charge is 2.21. The van der Waals surface area contributed by atoms with Crippen molar-refractivity contribution in [2.45, 2.75) is 25.8 Å². The molecule has 12 nitrogen and oxygen atoms in total. The van der Waals surface area contributed by atoms with Crippen molar-refractivity contribution in [2.75, 3.05) is 39.5 Å². The Balaban J connectivity index is 3.92. The van der Waals surface area contributed by atoms with Gasteiger partial charge in [0, 0.05) is 19.9 Å². The molecule has 0 aliphatic heterocycles. The summed E-state index contributed by atoms with van der Waals surface area (Å²) in [7, 11) is 0. The third-order valence-electron chi connectivity index (χ3n) is 2.96. The maximum absolute atomic E-state index is 11.7. The van der Waals surface area contributed by atoms with E-state index in [1.54, 1.807) is 0 Å². The van der Waals surface area contributed by atoms with E-state index in [9.17, 15) is 24.0 Å². The zero-order valence-corrected chi connectivity index (χ0v) is 15.0. The number of ether oxygens (including phenoxy) is 2. The quantitative estimate of drug-likeness (QED) is 0.192. The number of hydrogen-bond acceptors (Lipinski definition) is 7. The summed E-state index contributed by atoms with van der Waals surface area (Å²) in [4.78, 5) is 55.1. The smallest absolute Gasteiger partial charge is 0.326 e. The van der Waals surface area contributed by atoms with E-state index in [4.69, 9.17) is 19.7 Å². The Morgan fingerprint density at radius 3 is 2.19 bits per heavy atom. The molecular weight excluding hydrogens is 366 g/mol. The van der Waals surface area contributed by atoms with Crippen LogP contribution in [0.5, 0.6) is 0 Å². The number of carboxylic acid groups (broad SMARTS) is 2. The standard InChI is InChI=1S/C15H25N3O9/c1-10(19)16-4-5-26-6-7-27-9-13(21)18-11(15(24)25)2-3-12(20)17-8-14(22)23/h11H,2-9H2,1H3,(H,16,19)(H,17,20)(H,18,21)(H,22,23)(H,24,25)/t11-/m0/s1. The molecule has 0 unspecified atom stereocenters. The molecule has 0 aromatic rings. The Hall–Kier alpha value is -2.73. The van der Waals surface area contributed by atoms with Gasteiger partial charge in [0.15, 0.2) is 0 Å². The maximum Gasteiger partial charge on any atom is 0.326 e. The minimum atomic E-state index is -1.32. The molecule has 3 amide bonds. The first-order valence-corrected chi connectivity index (χ1v) is 8.13. The van der Waals surface area contributed by atoms with E-state index in [0.29, 0.717) is 13.2 Å². The fourth-order valence-electron chi connectivity index (χ4n) is 1.72. The summed E-state index contributed by atoms with van der Waals surface area (Å²) in [6.45, 7) is 1.38. The van der Waals surface area contributed by atoms with E-state index in [2.05, 4.69) is 16.0 Å². The molecule has 0 aromatic heterocycles. The third-order valence-corrected chi connectivity index (χ3v) is 2.96. The van der Waals surface area contributed by atoms with Crippen molar-refractivity contribution in [3.63, 3.8) is 0 Å². The van der Waals surface area contributed by atoms with Gasteiger partial charge in [-0.15, -0.1) is 0 Å². The van der Waals surface area contributed by atoms with Crippen LogP contribution in [-0.4, -0.2) is 85.4 Å². The number of carboxylic acids is 2. The van der Waals surface area contributed by atoms with Crippen molar-refractivity contribution in [3.8, 4) is 0 Å². The molecule has 5 N–H and O–H groups in total. The predicted molar refractivity (Wildman–Crippen MR) is 89.8 cm³/mol. The molecule has 1 atom stereocenters. The molecule has 0 aliphatic rings. The van der Waals surface area contributed by atoms with E-state index in [1.807, 2.05) is 0 Å². The number of nitrogens with one attached hydrogen (secondary N) is 3. The molecule has 154 valence electrons. The van der Waals surface area contributed by atoms with Crippen molar-refractivity contribution < 1.29 is 43.7 Å². The summed E-state index contributed by atoms with van der Waals surface area (Å²) in [6.07, 6.45) is -0.452. The highest BCUT2D eigenvalue weighted by atomic mass is 16.5. The van der Waals surface area contributed by atoms with Crippen LogP contribution in [-0.2, 0) is 33.4 Å². The van der Waals surface area contributed by atoms with Crippen LogP contribution in [0.4, 0.5) is 0 Å². The Morgan fingerprint density at radius 1 is 0.926 bits per heavy atom. The SMILES string of the molecule is CC(=O)NCCOCCOCC(=O)N[C@@H](CCC(=O)NCC(=O)O)C(=O)O. The van der Waals surface area contributed by atoms with Crippen LogP contribution < -0.4 is 16.0 Å². The summed E-state index contributed by atoms with van der Waals surface area (Å²) in [5.41, 5.74) is 0. The molecule has 0 radical (unpaired) electrons. The summed E-state index contributed by atoms with van der Waals surface area (Å²) in [5, 5.41) is 24.3. The van der Waals surface area contributed by atoms with Crippen molar-refractivity contribution >= 4 is 29.7 Å². The minimum Gasteiger partial charge on any atom is -0.480 e. The molecule has 0 saturated carbocycles. The van der Waals surface area contributed by atoms with Gasteiger partial charge < -0.3 is 35.6 Å². The van der Waals surface area contributed by atoms with Crippen LogP contribution >= 0.6 is 0 Å². The zero-order valence-electron chi connectivity index (χ0n) is 15.0. The van der Waals surface area contributed by atoms with Crippen molar-refractivity contribution in [1.82, 2.24) is 16.0 Å². The number of amides is 3. The largest absolute Gasteiger partial charge is 0.480 e. The van der Waals surface area contributed by atoms with Gasteiger partial charge in [0.25, 0.3) is 0 Å². The molecule has 0 spiro atoms. The monoisotopic (exact) mass is 391 g/mol. The minimum absolute atomic E-state index is 0.100. The molecule has 12 heteroatoms. The van der Waals surface area contributed by atoms with Gasteiger partial charge in [-0.3, -0.25) is 19.2 Å². The number of aliphatic carboxylic acids is 2. The van der Waals surface area contributed by atoms with Gasteiger partial charge in [0.1, 0.15) is 19.2 Å². The van der Waals surface area contributed by atoms with Crippen molar-refractivity contribution in [1.29, 1.82) is 0 Å². The lowest BCUT2D eigenvalue weighted by atomic mass is 10.1. The van der Waals surface area contributed by atoms with E-state index in [-0.39, 0.29) is 38.6 Å². The lowest BCUT2D eigenvalue weighted by Gasteiger charge is -2.14. The average molecular weight is 391 g/mol. The van der Waals surface area contributed by atoms with Gasteiger partial charge >= 0.3 is 11.9 Å². The van der Waals surface area contributed by atoms with Gasteiger partial charge in [-0.1, -0.05) is 0 Å². The second-order valence-corrected chi connectivity index (χ2v) is 5.32. The predicted octanol–water partition coefficient (Wildman–Crippen LogP) is -2.29. The van der Waals surface area contributed by atoms with Gasteiger partial charge in [-0.2, -0.15) is 0 Å². The van der Waals surface area contributed by atoms with Crippen LogP contribution in [0.15, 0.2) is 0 Å².